The van der Waals surface area contributed by atoms with E-state index in [-0.39, 0.29) is 48.4 Å². The van der Waals surface area contributed by atoms with E-state index in [9.17, 15) is 40.3 Å². The third-order valence-corrected chi connectivity index (χ3v) is 7.47. The van der Waals surface area contributed by atoms with E-state index in [1.165, 1.54) is 31.0 Å². The van der Waals surface area contributed by atoms with Crippen LogP contribution in [-0.2, 0) is 17.1 Å². The van der Waals surface area contributed by atoms with Gasteiger partial charge in [-0.25, -0.2) is 9.18 Å². The van der Waals surface area contributed by atoms with E-state index in [4.69, 9.17) is 0 Å². The molecule has 0 bridgehead atoms. The number of hydrogen-bond acceptors (Lipinski definition) is 2. The number of rotatable bonds is 5. The minimum Gasteiger partial charge on any atom is -0.353 e. The van der Waals surface area contributed by atoms with Crippen molar-refractivity contribution in [2.45, 2.75) is 84.4 Å². The van der Waals surface area contributed by atoms with Crippen molar-refractivity contribution in [3.8, 4) is 0 Å². The quantitative estimate of drug-likeness (QED) is 0.352. The van der Waals surface area contributed by atoms with Gasteiger partial charge in [0.1, 0.15) is 5.82 Å². The number of piperidine rings is 1. The third-order valence-electron chi connectivity index (χ3n) is 7.47. The van der Waals surface area contributed by atoms with Gasteiger partial charge in [0.15, 0.2) is 0 Å². The number of carbonyl (C=O) groups is 2. The monoisotopic (exact) mass is 603 g/mol. The Kier molecular flexibility index (Phi) is 9.58. The summed E-state index contributed by atoms with van der Waals surface area (Å²) >= 11 is 0. The Hall–Kier alpha value is -3.31. The van der Waals surface area contributed by atoms with E-state index < -0.39 is 47.4 Å². The summed E-state index contributed by atoms with van der Waals surface area (Å²) in [4.78, 5) is 29.0. The minimum atomic E-state index is -5.02. The largest absolute Gasteiger partial charge is 0.416 e. The number of nitrogens with one attached hydrogen (secondary N) is 1. The molecule has 2 aromatic rings. The summed E-state index contributed by atoms with van der Waals surface area (Å²) in [6, 6.07) is 2.66. The van der Waals surface area contributed by atoms with E-state index >= 15 is 0 Å². The van der Waals surface area contributed by atoms with Crippen molar-refractivity contribution < 1.29 is 40.3 Å². The van der Waals surface area contributed by atoms with Gasteiger partial charge in [-0.05, 0) is 79.1 Å². The van der Waals surface area contributed by atoms with E-state index in [1.54, 1.807) is 13.0 Å². The van der Waals surface area contributed by atoms with Crippen LogP contribution in [0, 0.1) is 18.2 Å². The smallest absolute Gasteiger partial charge is 0.353 e. The molecule has 3 rings (SSSR count). The molecule has 12 heteroatoms. The van der Waals surface area contributed by atoms with Crippen molar-refractivity contribution in [3.63, 3.8) is 0 Å². The van der Waals surface area contributed by atoms with Crippen LogP contribution in [0.15, 0.2) is 36.4 Å². The molecule has 0 aromatic heterocycles. The van der Waals surface area contributed by atoms with Crippen LogP contribution in [0.25, 0.3) is 0 Å². The van der Waals surface area contributed by atoms with Crippen LogP contribution in [0.2, 0.25) is 0 Å². The molecular weight excluding hydrogens is 567 g/mol. The maximum absolute atomic E-state index is 13.9. The summed E-state index contributed by atoms with van der Waals surface area (Å²) < 4.78 is 94.7. The van der Waals surface area contributed by atoms with Gasteiger partial charge in [0.05, 0.1) is 23.2 Å². The van der Waals surface area contributed by atoms with Crippen molar-refractivity contribution in [2.24, 2.45) is 5.41 Å². The molecule has 1 fully saturated rings. The zero-order valence-corrected chi connectivity index (χ0v) is 24.4. The van der Waals surface area contributed by atoms with Gasteiger partial charge in [-0.1, -0.05) is 26.8 Å². The van der Waals surface area contributed by atoms with Gasteiger partial charge in [0.25, 0.3) is 0 Å². The van der Waals surface area contributed by atoms with Gasteiger partial charge in [-0.3, -0.25) is 4.79 Å². The minimum absolute atomic E-state index is 0.0457. The fourth-order valence-electron chi connectivity index (χ4n) is 5.21. The topological polar surface area (TPSA) is 52.7 Å². The van der Waals surface area contributed by atoms with E-state index in [2.05, 4.69) is 5.32 Å². The number of amides is 3. The van der Waals surface area contributed by atoms with Gasteiger partial charge >= 0.3 is 18.4 Å². The number of halogens is 7. The van der Waals surface area contributed by atoms with Crippen LogP contribution in [0.5, 0.6) is 0 Å². The highest BCUT2D eigenvalue weighted by Gasteiger charge is 2.40. The van der Waals surface area contributed by atoms with Crippen molar-refractivity contribution >= 4 is 11.9 Å². The van der Waals surface area contributed by atoms with Crippen molar-refractivity contribution in [1.82, 2.24) is 15.1 Å². The second kappa shape index (κ2) is 12.1. The highest BCUT2D eigenvalue weighted by molar-refractivity contribution is 5.77. The first-order chi connectivity index (χ1) is 19.2. The lowest BCUT2D eigenvalue weighted by atomic mass is 9.88. The molecule has 2 aromatic carbocycles. The molecule has 0 radical (unpaired) electrons. The standard InChI is InChI=1S/C30H36F7N3O2/c1-17-11-22(31)7-8-24(17)25-15-23(38-26(41)16-28(3,4)5)9-10-40(25)27(42)39(6)18(2)19-12-20(29(32,33)34)14-21(13-19)30(35,36)37/h7-8,11-14,18,23,25H,9-10,15-16H2,1-6H3,(H,38,41)/t18-,23-,25+/m0/s1. The summed E-state index contributed by atoms with van der Waals surface area (Å²) in [5.41, 5.74) is -2.32. The first-order valence-corrected chi connectivity index (χ1v) is 13.6. The molecule has 0 saturated carbocycles. The second-order valence-electron chi connectivity index (χ2n) is 12.1. The molecule has 1 aliphatic rings. The lowest BCUT2D eigenvalue weighted by Crippen LogP contribution is -2.52. The Morgan fingerprint density at radius 3 is 2.07 bits per heavy atom. The number of benzene rings is 2. The Morgan fingerprint density at radius 2 is 1.57 bits per heavy atom. The predicted octanol–water partition coefficient (Wildman–Crippen LogP) is 8.04. The van der Waals surface area contributed by atoms with Crippen molar-refractivity contribution in [1.29, 1.82) is 0 Å². The maximum atomic E-state index is 13.9. The summed E-state index contributed by atoms with van der Waals surface area (Å²) in [5.74, 6) is -0.631. The molecule has 3 amide bonds. The average molecular weight is 604 g/mol. The molecule has 42 heavy (non-hydrogen) atoms. The summed E-state index contributed by atoms with van der Waals surface area (Å²) in [6.45, 7) is 8.96. The number of carbonyl (C=O) groups excluding carboxylic acids is 2. The van der Waals surface area contributed by atoms with Crippen molar-refractivity contribution in [3.05, 3.63) is 70.0 Å². The predicted molar refractivity (Wildman–Crippen MR) is 144 cm³/mol. The molecule has 1 saturated heterocycles. The fraction of sp³-hybridized carbons (Fsp3) is 0.533. The molecule has 0 unspecified atom stereocenters. The van der Waals surface area contributed by atoms with Crippen LogP contribution < -0.4 is 5.32 Å². The molecule has 1 heterocycles. The number of urea groups is 1. The maximum Gasteiger partial charge on any atom is 0.416 e. The highest BCUT2D eigenvalue weighted by Crippen LogP contribution is 2.39. The van der Waals surface area contributed by atoms with Crippen LogP contribution >= 0.6 is 0 Å². The average Bonchev–Trinajstić information content (AvgIpc) is 2.85. The van der Waals surface area contributed by atoms with Gasteiger partial charge in [0.2, 0.25) is 5.91 Å². The van der Waals surface area contributed by atoms with Crippen LogP contribution in [0.4, 0.5) is 35.5 Å². The fourth-order valence-corrected chi connectivity index (χ4v) is 5.21. The van der Waals surface area contributed by atoms with E-state index in [1.807, 2.05) is 20.8 Å². The normalized spacial score (nSPS) is 18.9. The molecule has 0 spiro atoms. The van der Waals surface area contributed by atoms with Gasteiger partial charge in [-0.2, -0.15) is 26.3 Å². The second-order valence-corrected chi connectivity index (χ2v) is 12.1. The van der Waals surface area contributed by atoms with Gasteiger partial charge in [-0.15, -0.1) is 0 Å². The summed E-state index contributed by atoms with van der Waals surface area (Å²) in [6.07, 6.45) is -9.10. The Labute approximate surface area is 241 Å². The Morgan fingerprint density at radius 1 is 1.00 bits per heavy atom. The SMILES string of the molecule is Cc1cc(F)ccc1[C@H]1C[C@@H](NC(=O)CC(C)(C)C)CCN1C(=O)N(C)[C@@H](C)c1cc(C(F)(F)F)cc(C(F)(F)F)c1. The number of nitrogens with zero attached hydrogens (tertiary/aromatic N) is 2. The van der Waals surface area contributed by atoms with Crippen LogP contribution in [0.1, 0.15) is 86.9 Å². The third kappa shape index (κ3) is 8.16. The number of hydrogen-bond donors (Lipinski definition) is 1. The molecule has 3 atom stereocenters. The van der Waals surface area contributed by atoms with Crippen LogP contribution in [-0.4, -0.2) is 41.4 Å². The van der Waals surface area contributed by atoms with E-state index in [0.29, 0.717) is 29.7 Å². The molecule has 232 valence electrons. The number of aryl methyl sites for hydroxylation is 1. The zero-order chi connectivity index (χ0) is 31.8. The summed E-state index contributed by atoms with van der Waals surface area (Å²) in [5, 5.41) is 3.01. The van der Waals surface area contributed by atoms with Gasteiger partial charge in [0, 0.05) is 26.1 Å². The van der Waals surface area contributed by atoms with Crippen LogP contribution in [0.3, 0.4) is 0 Å². The van der Waals surface area contributed by atoms with E-state index in [0.717, 1.165) is 4.90 Å². The zero-order valence-electron chi connectivity index (χ0n) is 24.4. The molecule has 1 N–H and O–H groups in total. The number of alkyl halides is 6. The number of likely N-dealkylation sites (tertiary alicyclic amines) is 1. The first kappa shape index (κ1) is 33.2. The Bertz CT molecular complexity index is 1270. The Balaban J connectivity index is 1.94. The molecule has 5 nitrogen and oxygen atoms in total. The molecule has 0 aliphatic carbocycles. The van der Waals surface area contributed by atoms with Gasteiger partial charge < -0.3 is 15.1 Å². The molecule has 1 aliphatic heterocycles. The van der Waals surface area contributed by atoms with Crippen molar-refractivity contribution in [2.75, 3.05) is 13.6 Å². The lowest BCUT2D eigenvalue weighted by Gasteiger charge is -2.43. The molecular formula is C30H36F7N3O2. The highest BCUT2D eigenvalue weighted by atomic mass is 19.4. The lowest BCUT2D eigenvalue weighted by molar-refractivity contribution is -0.143. The first-order valence-electron chi connectivity index (χ1n) is 13.6. The summed E-state index contributed by atoms with van der Waals surface area (Å²) in [7, 11) is 1.31.